The molecule has 11 heteroatoms. The van der Waals surface area contributed by atoms with Crippen LogP contribution in [0.1, 0.15) is 24.7 Å². The molecule has 1 atom stereocenters. The van der Waals surface area contributed by atoms with Gasteiger partial charge in [0.05, 0.1) is 55.0 Å². The lowest BCUT2D eigenvalue weighted by atomic mass is 10.2. The Morgan fingerprint density at radius 2 is 2.03 bits per heavy atom. The summed E-state index contributed by atoms with van der Waals surface area (Å²) in [4.78, 5) is 45.2. The van der Waals surface area contributed by atoms with Crippen LogP contribution >= 0.6 is 0 Å². The van der Waals surface area contributed by atoms with Gasteiger partial charge in [-0.05, 0) is 18.2 Å². The van der Waals surface area contributed by atoms with Crippen molar-refractivity contribution in [1.82, 2.24) is 15.3 Å². The molecule has 0 aliphatic carbocycles. The van der Waals surface area contributed by atoms with Crippen LogP contribution in [0.3, 0.4) is 0 Å². The third-order valence-corrected chi connectivity index (χ3v) is 4.86. The lowest BCUT2D eigenvalue weighted by Gasteiger charge is -2.21. The lowest BCUT2D eigenvalue weighted by Crippen LogP contribution is -2.33. The van der Waals surface area contributed by atoms with Crippen molar-refractivity contribution in [2.45, 2.75) is 32.4 Å². The first kappa shape index (κ1) is 22.9. The number of aromatic nitrogens is 2. The molecular formula is C21H24FN5O5. The zero-order chi connectivity index (χ0) is 23.3. The highest BCUT2D eigenvalue weighted by molar-refractivity contribution is 5.90. The largest absolute Gasteiger partial charge is 0.481 e. The normalized spacial score (nSPS) is 15.4. The van der Waals surface area contributed by atoms with Gasteiger partial charge in [-0.25, -0.2) is 9.18 Å². The van der Waals surface area contributed by atoms with Gasteiger partial charge in [0.2, 0.25) is 5.91 Å². The molecule has 0 saturated carbocycles. The SMILES string of the molecule is CC(=O)NCC1CN(c2ccc(N(C)Cc3cnc(CCC(=O)O)cn3)c(F)c2)C(=O)O1. The number of nitrogens with zero attached hydrogens (tertiary/aromatic N) is 4. The summed E-state index contributed by atoms with van der Waals surface area (Å²) in [6.07, 6.45) is 2.22. The van der Waals surface area contributed by atoms with E-state index in [1.54, 1.807) is 24.1 Å². The molecule has 0 bridgehead atoms. The van der Waals surface area contributed by atoms with E-state index in [9.17, 15) is 18.8 Å². The summed E-state index contributed by atoms with van der Waals surface area (Å²) >= 11 is 0. The smallest absolute Gasteiger partial charge is 0.414 e. The van der Waals surface area contributed by atoms with Gasteiger partial charge in [0.1, 0.15) is 11.9 Å². The molecule has 1 unspecified atom stereocenters. The molecule has 170 valence electrons. The number of hydrogen-bond acceptors (Lipinski definition) is 7. The van der Waals surface area contributed by atoms with Crippen LogP contribution in [0, 0.1) is 5.82 Å². The number of benzene rings is 1. The Labute approximate surface area is 184 Å². The van der Waals surface area contributed by atoms with E-state index in [-0.39, 0.29) is 32.0 Å². The third-order valence-electron chi connectivity index (χ3n) is 4.86. The Morgan fingerprint density at radius 3 is 2.66 bits per heavy atom. The summed E-state index contributed by atoms with van der Waals surface area (Å²) in [6, 6.07) is 4.44. The maximum absolute atomic E-state index is 14.8. The quantitative estimate of drug-likeness (QED) is 0.598. The maximum atomic E-state index is 14.8. The number of hydrogen-bond donors (Lipinski definition) is 2. The molecular weight excluding hydrogens is 421 g/mol. The van der Waals surface area contributed by atoms with Gasteiger partial charge in [-0.15, -0.1) is 0 Å². The number of amides is 2. The van der Waals surface area contributed by atoms with E-state index in [1.807, 2.05) is 0 Å². The number of carbonyl (C=O) groups excluding carboxylic acids is 2. The van der Waals surface area contributed by atoms with E-state index < -0.39 is 24.0 Å². The molecule has 1 aliphatic heterocycles. The number of anilines is 2. The molecule has 1 saturated heterocycles. The molecule has 0 radical (unpaired) electrons. The van der Waals surface area contributed by atoms with Crippen molar-refractivity contribution in [3.63, 3.8) is 0 Å². The summed E-state index contributed by atoms with van der Waals surface area (Å²) in [5, 5.41) is 11.3. The first-order chi connectivity index (χ1) is 15.2. The van der Waals surface area contributed by atoms with Crippen LogP contribution in [0.4, 0.5) is 20.6 Å². The molecule has 10 nitrogen and oxygen atoms in total. The van der Waals surface area contributed by atoms with E-state index in [0.717, 1.165) is 0 Å². The highest BCUT2D eigenvalue weighted by Crippen LogP contribution is 2.28. The van der Waals surface area contributed by atoms with Crippen LogP contribution < -0.4 is 15.1 Å². The highest BCUT2D eigenvalue weighted by Gasteiger charge is 2.32. The average molecular weight is 445 g/mol. The first-order valence-electron chi connectivity index (χ1n) is 9.97. The molecule has 0 spiro atoms. The van der Waals surface area contributed by atoms with Gasteiger partial charge in [-0.1, -0.05) is 0 Å². The number of rotatable bonds is 9. The van der Waals surface area contributed by atoms with Crippen molar-refractivity contribution in [3.05, 3.63) is 47.8 Å². The van der Waals surface area contributed by atoms with E-state index in [4.69, 9.17) is 9.84 Å². The fourth-order valence-electron chi connectivity index (χ4n) is 3.22. The third kappa shape index (κ3) is 5.90. The highest BCUT2D eigenvalue weighted by atomic mass is 19.1. The van der Waals surface area contributed by atoms with Crippen molar-refractivity contribution < 1.29 is 28.6 Å². The number of aryl methyl sites for hydroxylation is 1. The topological polar surface area (TPSA) is 125 Å². The van der Waals surface area contributed by atoms with Crippen LogP contribution in [0.25, 0.3) is 0 Å². The average Bonchev–Trinajstić information content (AvgIpc) is 3.12. The Balaban J connectivity index is 1.62. The lowest BCUT2D eigenvalue weighted by molar-refractivity contribution is -0.137. The number of ether oxygens (including phenoxy) is 1. The number of aliphatic carboxylic acids is 1. The van der Waals surface area contributed by atoms with E-state index >= 15 is 0 Å². The van der Waals surface area contributed by atoms with E-state index in [1.165, 1.54) is 30.3 Å². The number of cyclic esters (lactones) is 1. The van der Waals surface area contributed by atoms with E-state index in [2.05, 4.69) is 15.3 Å². The van der Waals surface area contributed by atoms with Gasteiger partial charge in [0.15, 0.2) is 0 Å². The molecule has 3 rings (SSSR count). The van der Waals surface area contributed by atoms with Crippen LogP contribution in [-0.2, 0) is 27.3 Å². The number of nitrogens with one attached hydrogen (secondary N) is 1. The van der Waals surface area contributed by atoms with Crippen molar-refractivity contribution in [3.8, 4) is 0 Å². The summed E-state index contributed by atoms with van der Waals surface area (Å²) < 4.78 is 20.0. The van der Waals surface area contributed by atoms with Crippen molar-refractivity contribution in [2.75, 3.05) is 29.9 Å². The molecule has 1 aromatic carbocycles. The second-order valence-electron chi connectivity index (χ2n) is 7.44. The monoisotopic (exact) mass is 445 g/mol. The Kier molecular flexibility index (Phi) is 7.18. The Bertz CT molecular complexity index is 1000. The molecule has 1 aliphatic rings. The van der Waals surface area contributed by atoms with E-state index in [0.29, 0.717) is 29.2 Å². The molecule has 1 fully saturated rings. The predicted octanol–water partition coefficient (Wildman–Crippen LogP) is 1.73. The van der Waals surface area contributed by atoms with Gasteiger partial charge >= 0.3 is 12.1 Å². The van der Waals surface area contributed by atoms with Crippen molar-refractivity contribution in [2.24, 2.45) is 0 Å². The van der Waals surface area contributed by atoms with Crippen LogP contribution in [0.5, 0.6) is 0 Å². The zero-order valence-corrected chi connectivity index (χ0v) is 17.7. The second kappa shape index (κ2) is 10.0. The van der Waals surface area contributed by atoms with Gasteiger partial charge in [0, 0.05) is 26.6 Å². The summed E-state index contributed by atoms with van der Waals surface area (Å²) in [5.41, 5.74) is 1.84. The van der Waals surface area contributed by atoms with Crippen molar-refractivity contribution >= 4 is 29.3 Å². The number of carboxylic acids is 1. The maximum Gasteiger partial charge on any atom is 0.414 e. The zero-order valence-electron chi connectivity index (χ0n) is 17.7. The summed E-state index contributed by atoms with van der Waals surface area (Å²) in [6.45, 7) is 2.06. The van der Waals surface area contributed by atoms with Crippen molar-refractivity contribution in [1.29, 1.82) is 0 Å². The van der Waals surface area contributed by atoms with Gasteiger partial charge in [0.25, 0.3) is 0 Å². The first-order valence-corrected chi connectivity index (χ1v) is 9.97. The van der Waals surface area contributed by atoms with Gasteiger partial charge in [-0.3, -0.25) is 24.5 Å². The number of carbonyl (C=O) groups is 3. The van der Waals surface area contributed by atoms with Crippen LogP contribution in [0.2, 0.25) is 0 Å². The molecule has 2 N–H and O–H groups in total. The molecule has 1 aromatic heterocycles. The Hall–Kier alpha value is -3.76. The number of halogens is 1. The Morgan fingerprint density at radius 1 is 1.31 bits per heavy atom. The fraction of sp³-hybridized carbons (Fsp3) is 0.381. The fourth-order valence-corrected chi connectivity index (χ4v) is 3.22. The minimum Gasteiger partial charge on any atom is -0.481 e. The number of carboxylic acid groups (broad SMARTS) is 1. The predicted molar refractivity (Wildman–Crippen MR) is 113 cm³/mol. The molecule has 2 aromatic rings. The summed E-state index contributed by atoms with van der Waals surface area (Å²) in [7, 11) is 1.70. The molecule has 2 heterocycles. The van der Waals surface area contributed by atoms with Crippen LogP contribution in [0.15, 0.2) is 30.6 Å². The van der Waals surface area contributed by atoms with Crippen LogP contribution in [-0.4, -0.2) is 59.3 Å². The summed E-state index contributed by atoms with van der Waals surface area (Å²) in [5.74, 6) is -1.65. The minimum atomic E-state index is -0.903. The minimum absolute atomic E-state index is 0.0238. The molecule has 2 amide bonds. The second-order valence-corrected chi connectivity index (χ2v) is 7.44. The van der Waals surface area contributed by atoms with Gasteiger partial charge in [-0.2, -0.15) is 0 Å². The molecule has 32 heavy (non-hydrogen) atoms. The standard InChI is InChI=1S/C21H24FN5O5/c1-13(28)23-10-17-12-27(21(31)32-17)16-4-5-19(18(22)7-16)26(2)11-15-9-24-14(8-25-15)3-6-20(29)30/h4-5,7-9,17H,3,6,10-12H2,1-2H3,(H,23,28)(H,29,30). The van der Waals surface area contributed by atoms with Gasteiger partial charge < -0.3 is 20.1 Å².